The maximum absolute atomic E-state index is 13.0. The number of pyridine rings is 1. The third-order valence-corrected chi connectivity index (χ3v) is 5.60. The average molecular weight is 340 g/mol. The van der Waals surface area contributed by atoms with Crippen molar-refractivity contribution in [3.05, 3.63) is 45.4 Å². The van der Waals surface area contributed by atoms with E-state index >= 15 is 0 Å². The van der Waals surface area contributed by atoms with Crippen molar-refractivity contribution < 1.29 is 4.79 Å². The quantitative estimate of drug-likeness (QED) is 0.716. The molecule has 1 amide bonds. The zero-order valence-electron chi connectivity index (χ0n) is 14.1. The van der Waals surface area contributed by atoms with Gasteiger partial charge in [-0.1, -0.05) is 0 Å². The van der Waals surface area contributed by atoms with Gasteiger partial charge < -0.3 is 4.90 Å². The van der Waals surface area contributed by atoms with Crippen LogP contribution in [0.1, 0.15) is 46.4 Å². The van der Waals surface area contributed by atoms with Gasteiger partial charge in [-0.3, -0.25) is 4.79 Å². The summed E-state index contributed by atoms with van der Waals surface area (Å²) in [6.07, 6.45) is 2.74. The van der Waals surface area contributed by atoms with Crippen LogP contribution in [0.25, 0.3) is 11.0 Å². The summed E-state index contributed by atoms with van der Waals surface area (Å²) in [4.78, 5) is 21.0. The molecule has 24 heavy (non-hydrogen) atoms. The number of rotatable bonds is 2. The number of hydrogen-bond acceptors (Lipinski definition) is 4. The summed E-state index contributed by atoms with van der Waals surface area (Å²) in [5.74, 6) is 0.0658. The van der Waals surface area contributed by atoms with Crippen molar-refractivity contribution in [2.24, 2.45) is 0 Å². The van der Waals surface area contributed by atoms with Crippen LogP contribution in [-0.4, -0.2) is 32.1 Å². The molecule has 0 aromatic carbocycles. The second-order valence-electron chi connectivity index (χ2n) is 6.56. The lowest BCUT2D eigenvalue weighted by Gasteiger charge is -2.27. The van der Waals surface area contributed by atoms with Gasteiger partial charge in [0.2, 0.25) is 0 Å². The number of carbonyl (C=O) groups is 1. The van der Waals surface area contributed by atoms with E-state index in [-0.39, 0.29) is 11.9 Å². The topological polar surface area (TPSA) is 51.0 Å². The number of fused-ring (bicyclic) bond motifs is 2. The first-order valence-corrected chi connectivity index (χ1v) is 9.12. The third kappa shape index (κ3) is 2.41. The Kier molecular flexibility index (Phi) is 3.64. The molecule has 0 N–H and O–H groups in total. The second-order valence-corrected chi connectivity index (χ2v) is 7.56. The van der Waals surface area contributed by atoms with E-state index in [0.717, 1.165) is 29.7 Å². The van der Waals surface area contributed by atoms with Gasteiger partial charge in [0.1, 0.15) is 0 Å². The normalized spacial score (nSPS) is 14.4. The van der Waals surface area contributed by atoms with Crippen molar-refractivity contribution in [2.45, 2.75) is 39.8 Å². The molecule has 0 unspecified atom stereocenters. The minimum Gasteiger partial charge on any atom is -0.334 e. The van der Waals surface area contributed by atoms with Gasteiger partial charge in [-0.25, -0.2) is 9.67 Å². The molecule has 3 aromatic heterocycles. The Balaban J connectivity index is 1.69. The molecular formula is C18H20N4OS. The standard InChI is InChI=1S/C18H20N4OS/c1-11(2)22-17-14(9-19-22)8-15(12(3)20-17)18(23)21-6-4-16-13(10-21)5-7-24-16/h5,7-9,11H,4,6,10H2,1-3H3. The molecule has 1 aliphatic rings. The van der Waals surface area contributed by atoms with Crippen LogP contribution in [-0.2, 0) is 13.0 Å². The van der Waals surface area contributed by atoms with E-state index in [9.17, 15) is 4.79 Å². The van der Waals surface area contributed by atoms with E-state index in [1.54, 1.807) is 17.5 Å². The number of carbonyl (C=O) groups excluding carboxylic acids is 1. The van der Waals surface area contributed by atoms with E-state index in [4.69, 9.17) is 0 Å². The summed E-state index contributed by atoms with van der Waals surface area (Å²) in [6, 6.07) is 4.31. The number of hydrogen-bond donors (Lipinski definition) is 0. The van der Waals surface area contributed by atoms with Crippen molar-refractivity contribution in [1.82, 2.24) is 19.7 Å². The molecule has 0 atom stereocenters. The SMILES string of the molecule is Cc1nc2c(cnn2C(C)C)cc1C(=O)N1CCc2sccc2C1. The highest BCUT2D eigenvalue weighted by Gasteiger charge is 2.24. The smallest absolute Gasteiger partial charge is 0.256 e. The summed E-state index contributed by atoms with van der Waals surface area (Å²) in [5.41, 5.74) is 3.58. The van der Waals surface area contributed by atoms with Crippen LogP contribution in [0.3, 0.4) is 0 Å². The minimum absolute atomic E-state index is 0.0658. The van der Waals surface area contributed by atoms with E-state index in [0.29, 0.717) is 12.1 Å². The summed E-state index contributed by atoms with van der Waals surface area (Å²) in [6.45, 7) is 7.53. The Morgan fingerprint density at radius 1 is 1.38 bits per heavy atom. The van der Waals surface area contributed by atoms with Crippen molar-refractivity contribution in [1.29, 1.82) is 0 Å². The zero-order valence-corrected chi connectivity index (χ0v) is 14.9. The van der Waals surface area contributed by atoms with E-state index in [1.165, 1.54) is 10.4 Å². The van der Waals surface area contributed by atoms with Crippen LogP contribution >= 0.6 is 11.3 Å². The van der Waals surface area contributed by atoms with Crippen LogP contribution in [0.5, 0.6) is 0 Å². The summed E-state index contributed by atoms with van der Waals surface area (Å²) < 4.78 is 1.90. The lowest BCUT2D eigenvalue weighted by Crippen LogP contribution is -2.35. The molecule has 0 radical (unpaired) electrons. The highest BCUT2D eigenvalue weighted by Crippen LogP contribution is 2.26. The Hall–Kier alpha value is -2.21. The van der Waals surface area contributed by atoms with Gasteiger partial charge in [0.05, 0.1) is 17.5 Å². The lowest BCUT2D eigenvalue weighted by molar-refractivity contribution is 0.0735. The molecule has 0 saturated carbocycles. The largest absolute Gasteiger partial charge is 0.334 e. The molecule has 0 spiro atoms. The summed E-state index contributed by atoms with van der Waals surface area (Å²) in [7, 11) is 0. The molecule has 0 saturated heterocycles. The number of nitrogens with zero attached hydrogens (tertiary/aromatic N) is 4. The first kappa shape index (κ1) is 15.3. The van der Waals surface area contributed by atoms with Gasteiger partial charge in [0, 0.05) is 29.4 Å². The van der Waals surface area contributed by atoms with E-state index < -0.39 is 0 Å². The van der Waals surface area contributed by atoms with Crippen LogP contribution in [0, 0.1) is 6.92 Å². The maximum Gasteiger partial charge on any atom is 0.256 e. The number of aryl methyl sites for hydroxylation is 1. The van der Waals surface area contributed by atoms with Gasteiger partial charge in [-0.05, 0) is 50.3 Å². The molecule has 5 nitrogen and oxygen atoms in total. The Morgan fingerprint density at radius 3 is 3.00 bits per heavy atom. The summed E-state index contributed by atoms with van der Waals surface area (Å²) >= 11 is 1.78. The van der Waals surface area contributed by atoms with Gasteiger partial charge >= 0.3 is 0 Å². The van der Waals surface area contributed by atoms with Crippen molar-refractivity contribution in [2.75, 3.05) is 6.54 Å². The first-order valence-electron chi connectivity index (χ1n) is 8.24. The molecule has 1 aliphatic heterocycles. The molecule has 124 valence electrons. The minimum atomic E-state index is 0.0658. The number of amides is 1. The predicted molar refractivity (Wildman–Crippen MR) is 95.4 cm³/mol. The van der Waals surface area contributed by atoms with Crippen LogP contribution in [0.2, 0.25) is 0 Å². The lowest BCUT2D eigenvalue weighted by atomic mass is 10.1. The Morgan fingerprint density at radius 2 is 2.21 bits per heavy atom. The van der Waals surface area contributed by atoms with Gasteiger partial charge in [-0.15, -0.1) is 11.3 Å². The number of thiophene rings is 1. The van der Waals surface area contributed by atoms with Gasteiger partial charge in [-0.2, -0.15) is 5.10 Å². The fourth-order valence-electron chi connectivity index (χ4n) is 3.25. The highest BCUT2D eigenvalue weighted by molar-refractivity contribution is 7.10. The van der Waals surface area contributed by atoms with E-state index in [2.05, 4.69) is 35.4 Å². The molecule has 0 aliphatic carbocycles. The Bertz CT molecular complexity index is 924. The van der Waals surface area contributed by atoms with Crippen molar-refractivity contribution in [3.8, 4) is 0 Å². The fourth-order valence-corrected chi connectivity index (χ4v) is 4.14. The van der Waals surface area contributed by atoms with Gasteiger partial charge in [0.15, 0.2) is 5.65 Å². The van der Waals surface area contributed by atoms with Gasteiger partial charge in [0.25, 0.3) is 5.91 Å². The fraction of sp³-hybridized carbons (Fsp3) is 0.389. The molecule has 6 heteroatoms. The average Bonchev–Trinajstić information content (AvgIpc) is 3.18. The zero-order chi connectivity index (χ0) is 16.8. The van der Waals surface area contributed by atoms with Crippen molar-refractivity contribution >= 4 is 28.3 Å². The van der Waals surface area contributed by atoms with Crippen LogP contribution in [0.4, 0.5) is 0 Å². The molecular weight excluding hydrogens is 320 g/mol. The summed E-state index contributed by atoms with van der Waals surface area (Å²) in [5, 5.41) is 7.43. The maximum atomic E-state index is 13.0. The molecule has 4 rings (SSSR count). The predicted octanol–water partition coefficient (Wildman–Crippen LogP) is 3.58. The molecule has 0 bridgehead atoms. The molecule has 0 fully saturated rings. The molecule has 3 aromatic rings. The van der Waals surface area contributed by atoms with Crippen LogP contribution < -0.4 is 0 Å². The van der Waals surface area contributed by atoms with Crippen LogP contribution in [0.15, 0.2) is 23.7 Å². The molecule has 4 heterocycles. The highest BCUT2D eigenvalue weighted by atomic mass is 32.1. The third-order valence-electron chi connectivity index (χ3n) is 4.57. The number of aromatic nitrogens is 3. The Labute approximate surface area is 144 Å². The van der Waals surface area contributed by atoms with Crippen molar-refractivity contribution in [3.63, 3.8) is 0 Å². The monoisotopic (exact) mass is 340 g/mol. The van der Waals surface area contributed by atoms with E-state index in [1.807, 2.05) is 22.6 Å². The first-order chi connectivity index (χ1) is 11.5. The second kappa shape index (κ2) is 5.70.